The van der Waals surface area contributed by atoms with Crippen molar-refractivity contribution < 1.29 is 0 Å². The minimum atomic E-state index is 0.468. The number of rotatable bonds is 7. The van der Waals surface area contributed by atoms with Gasteiger partial charge in [-0.05, 0) is 56.6 Å². The van der Waals surface area contributed by atoms with Crippen LogP contribution in [0.2, 0.25) is 0 Å². The van der Waals surface area contributed by atoms with Gasteiger partial charge in [-0.1, -0.05) is 44.0 Å². The van der Waals surface area contributed by atoms with Crippen LogP contribution in [0, 0.1) is 5.92 Å². The Morgan fingerprint density at radius 2 is 1.84 bits per heavy atom. The summed E-state index contributed by atoms with van der Waals surface area (Å²) in [6.07, 6.45) is 8.05. The van der Waals surface area contributed by atoms with Gasteiger partial charge in [0.05, 0.1) is 0 Å². The van der Waals surface area contributed by atoms with Gasteiger partial charge in [-0.3, -0.25) is 0 Å². The molecule has 2 atom stereocenters. The van der Waals surface area contributed by atoms with E-state index in [1.807, 2.05) is 0 Å². The number of aryl methyl sites for hydroxylation is 1. The smallest absolute Gasteiger partial charge is 0.0294 e. The topological polar surface area (TPSA) is 12.0 Å². The normalized spacial score (nSPS) is 18.9. The maximum Gasteiger partial charge on any atom is 0.0294 e. The predicted octanol–water partition coefficient (Wildman–Crippen LogP) is 4.87. The average molecular weight is 259 g/mol. The number of benzene rings is 1. The Morgan fingerprint density at radius 3 is 2.37 bits per heavy atom. The SMILES string of the molecule is CCCCc1ccc(C(C)NC(C)C2CCC2)cc1. The van der Waals surface area contributed by atoms with Gasteiger partial charge in [0.1, 0.15) is 0 Å². The third-order valence-electron chi connectivity index (χ3n) is 4.67. The summed E-state index contributed by atoms with van der Waals surface area (Å²) in [5.41, 5.74) is 2.90. The molecule has 1 fully saturated rings. The fourth-order valence-electron chi connectivity index (χ4n) is 2.92. The van der Waals surface area contributed by atoms with Crippen LogP contribution in [0.25, 0.3) is 0 Å². The van der Waals surface area contributed by atoms with Crippen molar-refractivity contribution in [3.8, 4) is 0 Å². The molecule has 1 nitrogen and oxygen atoms in total. The summed E-state index contributed by atoms with van der Waals surface area (Å²) >= 11 is 0. The zero-order valence-electron chi connectivity index (χ0n) is 12.8. The molecule has 2 unspecified atom stereocenters. The molecule has 0 aromatic heterocycles. The average Bonchev–Trinajstić information content (AvgIpc) is 2.34. The molecule has 1 aliphatic rings. The van der Waals surface area contributed by atoms with Crippen LogP contribution in [0.5, 0.6) is 0 Å². The monoisotopic (exact) mass is 259 g/mol. The highest BCUT2D eigenvalue weighted by Gasteiger charge is 2.24. The van der Waals surface area contributed by atoms with E-state index in [-0.39, 0.29) is 0 Å². The Bertz CT molecular complexity index is 364. The molecule has 19 heavy (non-hydrogen) atoms. The number of hydrogen-bond acceptors (Lipinski definition) is 1. The molecule has 1 aromatic rings. The minimum Gasteiger partial charge on any atom is -0.307 e. The first-order valence-electron chi connectivity index (χ1n) is 8.05. The van der Waals surface area contributed by atoms with Gasteiger partial charge < -0.3 is 5.32 Å². The van der Waals surface area contributed by atoms with Crippen molar-refractivity contribution in [3.05, 3.63) is 35.4 Å². The first-order valence-corrected chi connectivity index (χ1v) is 8.05. The second kappa shape index (κ2) is 7.09. The number of unbranched alkanes of at least 4 members (excludes halogenated alkanes) is 1. The molecule has 0 heterocycles. The third kappa shape index (κ3) is 4.07. The highest BCUT2D eigenvalue weighted by molar-refractivity contribution is 5.25. The van der Waals surface area contributed by atoms with Crippen molar-refractivity contribution in [2.24, 2.45) is 5.92 Å². The van der Waals surface area contributed by atoms with Crippen molar-refractivity contribution in [3.63, 3.8) is 0 Å². The molecule has 1 aliphatic carbocycles. The van der Waals surface area contributed by atoms with Gasteiger partial charge in [-0.2, -0.15) is 0 Å². The fourth-order valence-corrected chi connectivity index (χ4v) is 2.92. The van der Waals surface area contributed by atoms with E-state index in [9.17, 15) is 0 Å². The second-order valence-electron chi connectivity index (χ2n) is 6.21. The molecule has 0 amide bonds. The van der Waals surface area contributed by atoms with Crippen molar-refractivity contribution in [1.82, 2.24) is 5.32 Å². The molecule has 0 bridgehead atoms. The molecule has 1 saturated carbocycles. The Morgan fingerprint density at radius 1 is 1.16 bits per heavy atom. The lowest BCUT2D eigenvalue weighted by molar-refractivity contribution is 0.230. The van der Waals surface area contributed by atoms with E-state index in [0.717, 1.165) is 5.92 Å². The summed E-state index contributed by atoms with van der Waals surface area (Å²) < 4.78 is 0. The number of hydrogen-bond donors (Lipinski definition) is 1. The standard InChI is InChI=1S/C18H29N/c1-4-5-7-16-10-12-18(13-11-16)15(3)19-14(2)17-8-6-9-17/h10-15,17,19H,4-9H2,1-3H3. The first kappa shape index (κ1) is 14.6. The molecule has 1 heteroatoms. The lowest BCUT2D eigenvalue weighted by atomic mass is 9.80. The van der Waals surface area contributed by atoms with Crippen LogP contribution in [-0.2, 0) is 6.42 Å². The lowest BCUT2D eigenvalue weighted by Crippen LogP contribution is -2.38. The van der Waals surface area contributed by atoms with Crippen LogP contribution < -0.4 is 5.32 Å². The van der Waals surface area contributed by atoms with Gasteiger partial charge in [-0.25, -0.2) is 0 Å². The Kier molecular flexibility index (Phi) is 5.45. The first-order chi connectivity index (χ1) is 9.20. The quantitative estimate of drug-likeness (QED) is 0.736. The fraction of sp³-hybridized carbons (Fsp3) is 0.667. The zero-order valence-corrected chi connectivity index (χ0v) is 12.8. The van der Waals surface area contributed by atoms with Crippen molar-refractivity contribution in [2.75, 3.05) is 0 Å². The molecule has 2 rings (SSSR count). The van der Waals surface area contributed by atoms with E-state index >= 15 is 0 Å². The molecule has 0 saturated heterocycles. The van der Waals surface area contributed by atoms with E-state index in [1.54, 1.807) is 0 Å². The molecule has 0 spiro atoms. The van der Waals surface area contributed by atoms with Gasteiger partial charge in [0.25, 0.3) is 0 Å². The van der Waals surface area contributed by atoms with Crippen molar-refractivity contribution >= 4 is 0 Å². The van der Waals surface area contributed by atoms with Crippen LogP contribution in [-0.4, -0.2) is 6.04 Å². The number of nitrogens with one attached hydrogen (secondary N) is 1. The van der Waals surface area contributed by atoms with Gasteiger partial charge in [0, 0.05) is 12.1 Å². The van der Waals surface area contributed by atoms with Crippen LogP contribution in [0.3, 0.4) is 0 Å². The Balaban J connectivity index is 1.85. The highest BCUT2D eigenvalue weighted by atomic mass is 14.9. The van der Waals surface area contributed by atoms with Crippen LogP contribution >= 0.6 is 0 Å². The molecular formula is C18H29N. The van der Waals surface area contributed by atoms with E-state index < -0.39 is 0 Å². The molecule has 106 valence electrons. The summed E-state index contributed by atoms with van der Waals surface area (Å²) in [5, 5.41) is 3.76. The Labute approximate surface area is 118 Å². The highest BCUT2D eigenvalue weighted by Crippen LogP contribution is 2.30. The molecule has 0 aliphatic heterocycles. The van der Waals surface area contributed by atoms with Gasteiger partial charge >= 0.3 is 0 Å². The van der Waals surface area contributed by atoms with E-state index in [1.165, 1.54) is 49.7 Å². The largest absolute Gasteiger partial charge is 0.307 e. The second-order valence-corrected chi connectivity index (χ2v) is 6.21. The maximum absolute atomic E-state index is 3.76. The summed E-state index contributed by atoms with van der Waals surface area (Å²) in [7, 11) is 0. The lowest BCUT2D eigenvalue weighted by Gasteiger charge is -2.34. The van der Waals surface area contributed by atoms with E-state index in [2.05, 4.69) is 50.4 Å². The third-order valence-corrected chi connectivity index (χ3v) is 4.67. The van der Waals surface area contributed by atoms with Gasteiger partial charge in [0.2, 0.25) is 0 Å². The van der Waals surface area contributed by atoms with E-state index in [0.29, 0.717) is 12.1 Å². The maximum atomic E-state index is 3.76. The van der Waals surface area contributed by atoms with Crippen LogP contribution in [0.4, 0.5) is 0 Å². The van der Waals surface area contributed by atoms with Gasteiger partial charge in [0.15, 0.2) is 0 Å². The molecule has 1 aromatic carbocycles. The molecular weight excluding hydrogens is 230 g/mol. The molecule has 0 radical (unpaired) electrons. The van der Waals surface area contributed by atoms with Crippen LogP contribution in [0.15, 0.2) is 24.3 Å². The summed E-state index contributed by atoms with van der Waals surface area (Å²) in [4.78, 5) is 0. The minimum absolute atomic E-state index is 0.468. The molecule has 1 N–H and O–H groups in total. The van der Waals surface area contributed by atoms with Crippen molar-refractivity contribution in [2.45, 2.75) is 71.4 Å². The zero-order chi connectivity index (χ0) is 13.7. The van der Waals surface area contributed by atoms with Crippen molar-refractivity contribution in [1.29, 1.82) is 0 Å². The summed E-state index contributed by atoms with van der Waals surface area (Å²) in [5.74, 6) is 0.909. The Hall–Kier alpha value is -0.820. The predicted molar refractivity (Wildman–Crippen MR) is 83.4 cm³/mol. The van der Waals surface area contributed by atoms with Crippen LogP contribution in [0.1, 0.15) is 70.0 Å². The van der Waals surface area contributed by atoms with Gasteiger partial charge in [-0.15, -0.1) is 0 Å². The van der Waals surface area contributed by atoms with E-state index in [4.69, 9.17) is 0 Å². The summed E-state index contributed by atoms with van der Waals surface area (Å²) in [6, 6.07) is 10.3. The summed E-state index contributed by atoms with van der Waals surface area (Å²) in [6.45, 7) is 6.88.